The second-order valence-electron chi connectivity index (χ2n) is 4.56. The molecule has 1 aromatic heterocycles. The first kappa shape index (κ1) is 12.5. The molecule has 3 rings (SSSR count). The molecule has 5 heteroatoms. The van der Waals surface area contributed by atoms with Gasteiger partial charge in [-0.3, -0.25) is 4.57 Å². The highest BCUT2D eigenvalue weighted by Crippen LogP contribution is 2.31. The normalized spacial score (nSPS) is 10.9. The van der Waals surface area contributed by atoms with Crippen LogP contribution in [0.1, 0.15) is 5.56 Å². The zero-order valence-electron chi connectivity index (χ0n) is 11.2. The van der Waals surface area contributed by atoms with E-state index in [-0.39, 0.29) is 5.82 Å². The molecule has 0 aliphatic carbocycles. The number of para-hydroxylation sites is 1. The zero-order valence-corrected chi connectivity index (χ0v) is 11.2. The fourth-order valence-corrected chi connectivity index (χ4v) is 2.39. The summed E-state index contributed by atoms with van der Waals surface area (Å²) < 4.78 is 20.4. The van der Waals surface area contributed by atoms with Crippen LogP contribution in [-0.2, 0) is 0 Å². The standard InChI is InChI=1S/C15H14FN3O/c1-9-4-3-5-11-14(9)19(15(17)18-11)12-7-6-10(16)8-13(12)20-2/h3-8H,1-2H3,(H2,17,18). The molecule has 0 aliphatic rings. The number of fused-ring (bicyclic) bond motifs is 1. The van der Waals surface area contributed by atoms with E-state index in [2.05, 4.69) is 4.98 Å². The van der Waals surface area contributed by atoms with Gasteiger partial charge in [0.05, 0.1) is 23.8 Å². The van der Waals surface area contributed by atoms with Crippen LogP contribution >= 0.6 is 0 Å². The predicted octanol–water partition coefficient (Wildman–Crippen LogP) is 3.06. The number of anilines is 1. The Hall–Kier alpha value is -2.56. The fourth-order valence-electron chi connectivity index (χ4n) is 2.39. The van der Waals surface area contributed by atoms with Gasteiger partial charge in [-0.05, 0) is 30.7 Å². The number of benzene rings is 2. The van der Waals surface area contributed by atoms with E-state index in [1.807, 2.05) is 25.1 Å². The average Bonchev–Trinajstić information content (AvgIpc) is 2.76. The van der Waals surface area contributed by atoms with Crippen molar-refractivity contribution in [3.8, 4) is 11.4 Å². The van der Waals surface area contributed by atoms with E-state index in [1.54, 1.807) is 10.6 Å². The number of aromatic nitrogens is 2. The average molecular weight is 271 g/mol. The first-order valence-corrected chi connectivity index (χ1v) is 6.19. The number of halogens is 1. The Morgan fingerprint density at radius 3 is 2.80 bits per heavy atom. The molecule has 0 radical (unpaired) electrons. The lowest BCUT2D eigenvalue weighted by Crippen LogP contribution is -2.03. The van der Waals surface area contributed by atoms with Gasteiger partial charge in [-0.25, -0.2) is 9.37 Å². The van der Waals surface area contributed by atoms with E-state index in [1.165, 1.54) is 19.2 Å². The quantitative estimate of drug-likeness (QED) is 0.779. The number of hydrogen-bond acceptors (Lipinski definition) is 3. The molecule has 0 saturated carbocycles. The molecule has 0 aliphatic heterocycles. The lowest BCUT2D eigenvalue weighted by Gasteiger charge is -2.12. The smallest absolute Gasteiger partial charge is 0.206 e. The van der Waals surface area contributed by atoms with Gasteiger partial charge in [-0.1, -0.05) is 12.1 Å². The van der Waals surface area contributed by atoms with Gasteiger partial charge < -0.3 is 10.5 Å². The topological polar surface area (TPSA) is 53.1 Å². The van der Waals surface area contributed by atoms with E-state index in [4.69, 9.17) is 10.5 Å². The minimum absolute atomic E-state index is 0.346. The van der Waals surface area contributed by atoms with Gasteiger partial charge in [-0.2, -0.15) is 0 Å². The summed E-state index contributed by atoms with van der Waals surface area (Å²) in [7, 11) is 1.50. The monoisotopic (exact) mass is 271 g/mol. The maximum Gasteiger partial charge on any atom is 0.206 e. The van der Waals surface area contributed by atoms with Crippen molar-refractivity contribution < 1.29 is 9.13 Å². The molecule has 0 fully saturated rings. The summed E-state index contributed by atoms with van der Waals surface area (Å²) in [6.45, 7) is 1.98. The van der Waals surface area contributed by atoms with Crippen molar-refractivity contribution in [2.24, 2.45) is 0 Å². The Balaban J connectivity index is 2.38. The third-order valence-electron chi connectivity index (χ3n) is 3.29. The van der Waals surface area contributed by atoms with Crippen molar-refractivity contribution in [1.82, 2.24) is 9.55 Å². The highest BCUT2D eigenvalue weighted by Gasteiger charge is 2.15. The number of nitrogens with two attached hydrogens (primary N) is 1. The van der Waals surface area contributed by atoms with Crippen LogP contribution in [0.5, 0.6) is 5.75 Å². The van der Waals surface area contributed by atoms with Gasteiger partial charge >= 0.3 is 0 Å². The SMILES string of the molecule is COc1cc(F)ccc1-n1c(N)nc2cccc(C)c21. The minimum Gasteiger partial charge on any atom is -0.494 e. The van der Waals surface area contributed by atoms with Crippen LogP contribution in [0.15, 0.2) is 36.4 Å². The number of ether oxygens (including phenoxy) is 1. The molecule has 0 unspecified atom stereocenters. The number of imidazole rings is 1. The molecule has 0 spiro atoms. The third-order valence-corrected chi connectivity index (χ3v) is 3.29. The van der Waals surface area contributed by atoms with E-state index < -0.39 is 0 Å². The summed E-state index contributed by atoms with van der Waals surface area (Å²) in [4.78, 5) is 4.34. The Morgan fingerprint density at radius 1 is 1.25 bits per heavy atom. The third kappa shape index (κ3) is 1.79. The number of nitrogens with zero attached hydrogens (tertiary/aromatic N) is 2. The van der Waals surface area contributed by atoms with E-state index in [0.29, 0.717) is 17.4 Å². The molecule has 102 valence electrons. The second-order valence-corrected chi connectivity index (χ2v) is 4.56. The van der Waals surface area contributed by atoms with Crippen LogP contribution in [0.2, 0.25) is 0 Å². The molecule has 0 bridgehead atoms. The summed E-state index contributed by atoms with van der Waals surface area (Å²) >= 11 is 0. The summed E-state index contributed by atoms with van der Waals surface area (Å²) in [6.07, 6.45) is 0. The molecular weight excluding hydrogens is 257 g/mol. The molecule has 0 amide bonds. The van der Waals surface area contributed by atoms with Crippen molar-refractivity contribution >= 4 is 17.0 Å². The molecule has 0 atom stereocenters. The highest BCUT2D eigenvalue weighted by atomic mass is 19.1. The van der Waals surface area contributed by atoms with E-state index in [0.717, 1.165) is 16.6 Å². The molecule has 3 aromatic rings. The van der Waals surface area contributed by atoms with E-state index in [9.17, 15) is 4.39 Å². The molecule has 1 heterocycles. The summed E-state index contributed by atoms with van der Waals surface area (Å²) in [5.74, 6) is 0.406. The maximum atomic E-state index is 13.3. The van der Waals surface area contributed by atoms with Gasteiger partial charge in [-0.15, -0.1) is 0 Å². The van der Waals surface area contributed by atoms with Crippen LogP contribution in [0.3, 0.4) is 0 Å². The summed E-state index contributed by atoms with van der Waals surface area (Å²) in [6, 6.07) is 10.1. The van der Waals surface area contributed by atoms with Crippen molar-refractivity contribution in [1.29, 1.82) is 0 Å². The Bertz CT molecular complexity index is 795. The summed E-state index contributed by atoms with van der Waals surface area (Å²) in [5.41, 5.74) is 9.43. The van der Waals surface area contributed by atoms with Gasteiger partial charge in [0.15, 0.2) is 0 Å². The number of hydrogen-bond donors (Lipinski definition) is 1. The van der Waals surface area contributed by atoms with Crippen molar-refractivity contribution in [2.45, 2.75) is 6.92 Å². The number of methoxy groups -OCH3 is 1. The lowest BCUT2D eigenvalue weighted by molar-refractivity contribution is 0.409. The van der Waals surface area contributed by atoms with Gasteiger partial charge in [0.2, 0.25) is 5.95 Å². The number of rotatable bonds is 2. The minimum atomic E-state index is -0.356. The van der Waals surface area contributed by atoms with Crippen molar-refractivity contribution in [3.05, 3.63) is 47.8 Å². The number of aryl methyl sites for hydroxylation is 1. The fraction of sp³-hybridized carbons (Fsp3) is 0.133. The van der Waals surface area contributed by atoms with Crippen LogP contribution in [0, 0.1) is 12.7 Å². The van der Waals surface area contributed by atoms with Gasteiger partial charge in [0, 0.05) is 6.07 Å². The Kier molecular flexibility index (Phi) is 2.82. The van der Waals surface area contributed by atoms with Crippen molar-refractivity contribution in [3.63, 3.8) is 0 Å². The maximum absolute atomic E-state index is 13.3. The first-order valence-electron chi connectivity index (χ1n) is 6.19. The highest BCUT2D eigenvalue weighted by molar-refractivity contribution is 5.84. The molecule has 2 N–H and O–H groups in total. The van der Waals surface area contributed by atoms with Crippen LogP contribution in [0.4, 0.5) is 10.3 Å². The molecule has 0 saturated heterocycles. The van der Waals surface area contributed by atoms with Gasteiger partial charge in [0.1, 0.15) is 11.6 Å². The van der Waals surface area contributed by atoms with Gasteiger partial charge in [0.25, 0.3) is 0 Å². The molecular formula is C15H14FN3O. The zero-order chi connectivity index (χ0) is 14.3. The largest absolute Gasteiger partial charge is 0.494 e. The molecule has 4 nitrogen and oxygen atoms in total. The molecule has 2 aromatic carbocycles. The lowest BCUT2D eigenvalue weighted by atomic mass is 10.2. The van der Waals surface area contributed by atoms with Crippen molar-refractivity contribution in [2.75, 3.05) is 12.8 Å². The Labute approximate surface area is 115 Å². The predicted molar refractivity (Wildman–Crippen MR) is 76.7 cm³/mol. The number of nitrogen functional groups attached to an aromatic ring is 1. The summed E-state index contributed by atoms with van der Waals surface area (Å²) in [5, 5.41) is 0. The van der Waals surface area contributed by atoms with Crippen LogP contribution in [0.25, 0.3) is 16.7 Å². The first-order chi connectivity index (χ1) is 9.61. The van der Waals surface area contributed by atoms with E-state index >= 15 is 0 Å². The van der Waals surface area contributed by atoms with Crippen LogP contribution in [-0.4, -0.2) is 16.7 Å². The Morgan fingerprint density at radius 2 is 2.05 bits per heavy atom. The molecule has 20 heavy (non-hydrogen) atoms. The second kappa shape index (κ2) is 4.52. The van der Waals surface area contributed by atoms with Crippen LogP contribution < -0.4 is 10.5 Å².